The summed E-state index contributed by atoms with van der Waals surface area (Å²) < 4.78 is 33.5. The second kappa shape index (κ2) is 9.04. The monoisotopic (exact) mass is 428 g/mol. The smallest absolute Gasteiger partial charge is 0.355 e. The van der Waals surface area contributed by atoms with Crippen LogP contribution in [0.25, 0.3) is 0 Å². The molecule has 154 valence electrons. The molecule has 0 aromatic carbocycles. The fraction of sp³-hybridized carbons (Fsp3) is 0.444. The zero-order valence-corrected chi connectivity index (χ0v) is 17.7. The molecule has 2 N–H and O–H groups in total. The summed E-state index contributed by atoms with van der Waals surface area (Å²) in [5, 5.41) is 3.24. The number of esters is 1. The number of pyridine rings is 1. The first-order valence-electron chi connectivity index (χ1n) is 8.86. The van der Waals surface area contributed by atoms with Gasteiger partial charge in [-0.15, -0.1) is 12.4 Å². The molecule has 2 aromatic heterocycles. The lowest BCUT2D eigenvalue weighted by molar-refractivity contribution is 0.0519. The predicted molar refractivity (Wildman–Crippen MR) is 107 cm³/mol. The summed E-state index contributed by atoms with van der Waals surface area (Å²) in [5.41, 5.74) is 1.82. The Labute approximate surface area is 171 Å². The third-order valence-corrected chi connectivity index (χ3v) is 6.86. The highest BCUT2D eigenvalue weighted by Gasteiger charge is 2.38. The van der Waals surface area contributed by atoms with Gasteiger partial charge in [-0.25, -0.2) is 13.2 Å². The second-order valence-electron chi connectivity index (χ2n) is 6.42. The van der Waals surface area contributed by atoms with E-state index in [4.69, 9.17) is 4.74 Å². The molecule has 0 aliphatic carbocycles. The molecule has 1 aliphatic heterocycles. The van der Waals surface area contributed by atoms with Gasteiger partial charge in [-0.1, -0.05) is 6.07 Å². The number of aryl methyl sites for hydroxylation is 1. The summed E-state index contributed by atoms with van der Waals surface area (Å²) in [6.07, 6.45) is 3.34. The molecule has 1 fully saturated rings. The first kappa shape index (κ1) is 22.4. The van der Waals surface area contributed by atoms with E-state index < -0.39 is 16.0 Å². The minimum Gasteiger partial charge on any atom is -0.461 e. The van der Waals surface area contributed by atoms with Crippen molar-refractivity contribution in [2.45, 2.75) is 31.7 Å². The number of nitrogens with one attached hydrogen (secondary N) is 2. The molecule has 1 atom stereocenters. The Morgan fingerprint density at radius 2 is 2.14 bits per heavy atom. The maximum Gasteiger partial charge on any atom is 0.355 e. The highest BCUT2D eigenvalue weighted by atomic mass is 35.5. The number of nitrogens with zero attached hydrogens (tertiary/aromatic N) is 2. The number of H-pyrrole nitrogens is 1. The molecule has 1 saturated heterocycles. The number of halogens is 1. The molecule has 1 aliphatic rings. The Bertz CT molecular complexity index is 931. The van der Waals surface area contributed by atoms with E-state index in [9.17, 15) is 13.2 Å². The van der Waals surface area contributed by atoms with Crippen LogP contribution < -0.4 is 5.32 Å². The van der Waals surface area contributed by atoms with Crippen LogP contribution >= 0.6 is 12.4 Å². The normalized spacial score (nSPS) is 17.8. The summed E-state index contributed by atoms with van der Waals surface area (Å²) >= 11 is 0. The molecule has 0 amide bonds. The maximum absolute atomic E-state index is 13.5. The fourth-order valence-electron chi connectivity index (χ4n) is 3.47. The van der Waals surface area contributed by atoms with Crippen LogP contribution in [-0.2, 0) is 14.8 Å². The van der Waals surface area contributed by atoms with Crippen LogP contribution in [0.5, 0.6) is 0 Å². The average molecular weight is 429 g/mol. The molecular weight excluding hydrogens is 404 g/mol. The standard InChI is InChI=1S/C18H24N4O4S.ClH/c1-4-26-18(23)16-12(2)17(13(3)21-16)27(24,25)22-9-8-20-11-15(22)14-6-5-7-19-10-14;/h5-7,10,15,20-21H,4,8-9,11H2,1-3H3;1H. The number of rotatable bonds is 5. The van der Waals surface area contributed by atoms with Crippen molar-refractivity contribution in [3.8, 4) is 0 Å². The van der Waals surface area contributed by atoms with Crippen LogP contribution in [0, 0.1) is 13.8 Å². The van der Waals surface area contributed by atoms with Gasteiger partial charge in [-0.3, -0.25) is 4.98 Å². The molecule has 8 nitrogen and oxygen atoms in total. The summed E-state index contributed by atoms with van der Waals surface area (Å²) in [4.78, 5) is 19.3. The number of carbonyl (C=O) groups is 1. The van der Waals surface area contributed by atoms with Crippen molar-refractivity contribution in [1.29, 1.82) is 0 Å². The van der Waals surface area contributed by atoms with Gasteiger partial charge in [0.1, 0.15) is 10.6 Å². The number of hydrogen-bond donors (Lipinski definition) is 2. The Balaban J connectivity index is 0.00000280. The Morgan fingerprint density at radius 1 is 1.39 bits per heavy atom. The zero-order chi connectivity index (χ0) is 19.6. The van der Waals surface area contributed by atoms with Gasteiger partial charge < -0.3 is 15.0 Å². The molecule has 10 heteroatoms. The highest BCUT2D eigenvalue weighted by Crippen LogP contribution is 2.32. The van der Waals surface area contributed by atoms with Crippen LogP contribution in [0.2, 0.25) is 0 Å². The third-order valence-electron chi connectivity index (χ3n) is 4.68. The van der Waals surface area contributed by atoms with E-state index >= 15 is 0 Å². The first-order valence-corrected chi connectivity index (χ1v) is 10.3. The molecule has 1 unspecified atom stereocenters. The lowest BCUT2D eigenvalue weighted by Gasteiger charge is -2.35. The molecule has 3 rings (SSSR count). The SMILES string of the molecule is CCOC(=O)c1[nH]c(C)c(S(=O)(=O)N2CCNCC2c2cccnc2)c1C.Cl. The van der Waals surface area contributed by atoms with E-state index in [1.165, 1.54) is 4.31 Å². The molecular formula is C18H25ClN4O4S. The Morgan fingerprint density at radius 3 is 2.79 bits per heavy atom. The van der Waals surface area contributed by atoms with Crippen molar-refractivity contribution in [3.05, 3.63) is 47.0 Å². The lowest BCUT2D eigenvalue weighted by atomic mass is 10.1. The van der Waals surface area contributed by atoms with Gasteiger partial charge in [-0.05, 0) is 32.4 Å². The fourth-order valence-corrected chi connectivity index (χ4v) is 5.50. The van der Waals surface area contributed by atoms with Crippen LogP contribution in [0.4, 0.5) is 0 Å². The van der Waals surface area contributed by atoms with E-state index in [1.54, 1.807) is 39.2 Å². The van der Waals surface area contributed by atoms with Gasteiger partial charge >= 0.3 is 5.97 Å². The third kappa shape index (κ3) is 4.07. The minimum atomic E-state index is -3.82. The van der Waals surface area contributed by atoms with E-state index in [1.807, 2.05) is 6.07 Å². The molecule has 0 radical (unpaired) electrons. The number of aromatic amines is 1. The van der Waals surface area contributed by atoms with Gasteiger partial charge in [0, 0.05) is 43.3 Å². The van der Waals surface area contributed by atoms with Crippen molar-refractivity contribution >= 4 is 28.4 Å². The number of carbonyl (C=O) groups excluding carboxylic acids is 1. The van der Waals surface area contributed by atoms with Gasteiger partial charge in [0.25, 0.3) is 0 Å². The first-order chi connectivity index (χ1) is 12.9. The van der Waals surface area contributed by atoms with E-state index in [-0.39, 0.29) is 35.6 Å². The van der Waals surface area contributed by atoms with Crippen LogP contribution in [-0.4, -0.2) is 54.9 Å². The van der Waals surface area contributed by atoms with Gasteiger partial charge in [0.2, 0.25) is 10.0 Å². The minimum absolute atomic E-state index is 0. The number of piperazine rings is 1. The molecule has 28 heavy (non-hydrogen) atoms. The summed E-state index contributed by atoms with van der Waals surface area (Å²) in [6.45, 7) is 6.61. The largest absolute Gasteiger partial charge is 0.461 e. The van der Waals surface area contributed by atoms with Crippen LogP contribution in [0.15, 0.2) is 29.4 Å². The number of hydrogen-bond acceptors (Lipinski definition) is 6. The van der Waals surface area contributed by atoms with E-state index in [2.05, 4.69) is 15.3 Å². The van der Waals surface area contributed by atoms with Crippen molar-refractivity contribution in [2.75, 3.05) is 26.2 Å². The second-order valence-corrected chi connectivity index (χ2v) is 8.25. The number of sulfonamides is 1. The molecule has 0 saturated carbocycles. The van der Waals surface area contributed by atoms with Crippen molar-refractivity contribution in [1.82, 2.24) is 19.6 Å². The van der Waals surface area contributed by atoms with Gasteiger partial charge in [0.15, 0.2) is 0 Å². The van der Waals surface area contributed by atoms with E-state index in [0.717, 1.165) is 5.56 Å². The molecule has 2 aromatic rings. The predicted octanol–water partition coefficient (Wildman–Crippen LogP) is 1.96. The maximum atomic E-state index is 13.5. The summed E-state index contributed by atoms with van der Waals surface area (Å²) in [5.74, 6) is -0.552. The van der Waals surface area contributed by atoms with Crippen molar-refractivity contribution in [2.24, 2.45) is 0 Å². The lowest BCUT2D eigenvalue weighted by Crippen LogP contribution is -2.48. The summed E-state index contributed by atoms with van der Waals surface area (Å²) in [7, 11) is -3.82. The van der Waals surface area contributed by atoms with E-state index in [0.29, 0.717) is 30.9 Å². The topological polar surface area (TPSA) is 104 Å². The molecule has 0 bridgehead atoms. The Hall–Kier alpha value is -1.94. The van der Waals surface area contributed by atoms with Gasteiger partial charge in [0.05, 0.1) is 12.6 Å². The average Bonchev–Trinajstić information content (AvgIpc) is 2.97. The van der Waals surface area contributed by atoms with Crippen LogP contribution in [0.1, 0.15) is 40.3 Å². The molecule has 3 heterocycles. The quantitative estimate of drug-likeness (QED) is 0.705. The van der Waals surface area contributed by atoms with Crippen molar-refractivity contribution < 1.29 is 17.9 Å². The molecule has 0 spiro atoms. The van der Waals surface area contributed by atoms with Gasteiger partial charge in [-0.2, -0.15) is 4.31 Å². The number of ether oxygens (including phenoxy) is 1. The zero-order valence-electron chi connectivity index (χ0n) is 16.1. The summed E-state index contributed by atoms with van der Waals surface area (Å²) in [6, 6.07) is 3.30. The number of aromatic nitrogens is 2. The van der Waals surface area contributed by atoms with Crippen molar-refractivity contribution in [3.63, 3.8) is 0 Å². The highest BCUT2D eigenvalue weighted by molar-refractivity contribution is 7.89. The van der Waals surface area contributed by atoms with Crippen LogP contribution in [0.3, 0.4) is 0 Å². The Kier molecular flexibility index (Phi) is 7.22.